The van der Waals surface area contributed by atoms with Gasteiger partial charge in [0.25, 0.3) is 0 Å². The molecule has 0 bridgehead atoms. The van der Waals surface area contributed by atoms with Crippen LogP contribution in [0.25, 0.3) is 0 Å². The van der Waals surface area contributed by atoms with Gasteiger partial charge in [0.05, 0.1) is 12.4 Å². The topological polar surface area (TPSA) is 89.4 Å². The molecule has 2 heterocycles. The molecule has 24 heavy (non-hydrogen) atoms. The van der Waals surface area contributed by atoms with Crippen LogP contribution in [0.5, 0.6) is 5.75 Å². The maximum atomic E-state index is 7.69. The molecule has 2 aliphatic rings. The van der Waals surface area contributed by atoms with Crippen LogP contribution in [0.3, 0.4) is 0 Å². The number of rotatable bonds is 3. The molecular weight excluding hydrogens is 302 g/mol. The van der Waals surface area contributed by atoms with Gasteiger partial charge >= 0.3 is 0 Å². The number of hydrogen-bond donors (Lipinski definition) is 3. The molecule has 130 valence electrons. The van der Waals surface area contributed by atoms with Crippen LogP contribution in [-0.2, 0) is 13.0 Å². The number of nitrogens with zero attached hydrogens (tertiary/aromatic N) is 2. The van der Waals surface area contributed by atoms with Crippen LogP contribution in [0.15, 0.2) is 18.2 Å². The number of piperidine rings is 1. The Morgan fingerprint density at radius 2 is 1.92 bits per heavy atom. The van der Waals surface area contributed by atoms with Crippen molar-refractivity contribution in [3.05, 3.63) is 29.3 Å². The van der Waals surface area contributed by atoms with Gasteiger partial charge < -0.3 is 20.3 Å². The lowest BCUT2D eigenvalue weighted by molar-refractivity contribution is 0.180. The number of likely N-dealkylation sites (tertiary alicyclic amines) is 1. The summed E-state index contributed by atoms with van der Waals surface area (Å²) in [7, 11) is 0. The van der Waals surface area contributed by atoms with Crippen molar-refractivity contribution in [3.63, 3.8) is 0 Å². The van der Waals surface area contributed by atoms with E-state index in [-0.39, 0.29) is 5.96 Å². The Hall–Kier alpha value is -2.24. The maximum absolute atomic E-state index is 7.69. The smallest absolute Gasteiger partial charge is 0.188 e. The van der Waals surface area contributed by atoms with Gasteiger partial charge in [-0.2, -0.15) is 0 Å². The molecule has 0 aliphatic carbocycles. The Bertz CT molecular complexity index is 622. The van der Waals surface area contributed by atoms with E-state index in [4.69, 9.17) is 21.3 Å². The predicted octanol–water partition coefficient (Wildman–Crippen LogP) is 2.03. The fourth-order valence-corrected chi connectivity index (χ4v) is 3.48. The van der Waals surface area contributed by atoms with Gasteiger partial charge in [0, 0.05) is 26.2 Å². The van der Waals surface area contributed by atoms with E-state index in [2.05, 4.69) is 23.1 Å². The van der Waals surface area contributed by atoms with E-state index >= 15 is 0 Å². The Labute approximate surface area is 143 Å². The number of fused-ring (bicyclic) bond motifs is 1. The summed E-state index contributed by atoms with van der Waals surface area (Å²) < 4.78 is 6.03. The fourth-order valence-electron chi connectivity index (χ4n) is 3.48. The molecule has 0 amide bonds. The predicted molar refractivity (Wildman–Crippen MR) is 95.7 cm³/mol. The summed E-state index contributed by atoms with van der Waals surface area (Å²) >= 11 is 0. The SMILES string of the molecule is CC(=N)N1CCC(COc2ccc3c(c2)CN(C(=N)N)CC3)CC1. The Kier molecular flexibility index (Phi) is 4.92. The molecule has 1 aromatic carbocycles. The minimum absolute atomic E-state index is 0.139. The van der Waals surface area contributed by atoms with Gasteiger partial charge in [0.2, 0.25) is 0 Å². The molecule has 3 rings (SSSR count). The molecule has 0 saturated carbocycles. The highest BCUT2D eigenvalue weighted by Crippen LogP contribution is 2.25. The third kappa shape index (κ3) is 3.80. The standard InChI is InChI=1S/C18H27N5O/c1-13(19)22-7-4-14(5-8-22)12-24-17-3-2-15-6-9-23(18(20)21)11-16(15)10-17/h2-3,10,14,19H,4-9,11-12H2,1H3,(H3,20,21). The van der Waals surface area contributed by atoms with Crippen molar-refractivity contribution in [3.8, 4) is 5.75 Å². The quantitative estimate of drug-likeness (QED) is 0.585. The van der Waals surface area contributed by atoms with Crippen LogP contribution >= 0.6 is 0 Å². The number of nitrogens with two attached hydrogens (primary N) is 1. The van der Waals surface area contributed by atoms with Crippen molar-refractivity contribution in [2.24, 2.45) is 11.7 Å². The molecule has 1 aromatic rings. The zero-order valence-corrected chi connectivity index (χ0v) is 14.3. The summed E-state index contributed by atoms with van der Waals surface area (Å²) in [4.78, 5) is 4.02. The lowest BCUT2D eigenvalue weighted by atomic mass is 9.97. The van der Waals surface area contributed by atoms with Gasteiger partial charge in [-0.1, -0.05) is 6.07 Å². The highest BCUT2D eigenvalue weighted by Gasteiger charge is 2.21. The zero-order chi connectivity index (χ0) is 17.1. The number of benzene rings is 1. The summed E-state index contributed by atoms with van der Waals surface area (Å²) in [6, 6.07) is 6.30. The largest absolute Gasteiger partial charge is 0.493 e. The second-order valence-electron chi connectivity index (χ2n) is 6.81. The van der Waals surface area contributed by atoms with E-state index in [0.29, 0.717) is 18.3 Å². The molecule has 0 radical (unpaired) electrons. The fraction of sp³-hybridized carbons (Fsp3) is 0.556. The average molecular weight is 329 g/mol. The number of guanidine groups is 1. The van der Waals surface area contributed by atoms with Gasteiger partial charge in [-0.15, -0.1) is 0 Å². The molecule has 0 unspecified atom stereocenters. The van der Waals surface area contributed by atoms with Crippen LogP contribution < -0.4 is 10.5 Å². The van der Waals surface area contributed by atoms with Crippen molar-refractivity contribution >= 4 is 11.8 Å². The number of nitrogens with one attached hydrogen (secondary N) is 2. The lowest BCUT2D eigenvalue weighted by Gasteiger charge is -2.32. The van der Waals surface area contributed by atoms with E-state index in [0.717, 1.165) is 51.3 Å². The molecule has 0 aromatic heterocycles. The number of hydrogen-bond acceptors (Lipinski definition) is 3. The minimum Gasteiger partial charge on any atom is -0.493 e. The summed E-state index contributed by atoms with van der Waals surface area (Å²) in [5.41, 5.74) is 8.15. The van der Waals surface area contributed by atoms with Gasteiger partial charge in [-0.05, 0) is 55.4 Å². The second kappa shape index (κ2) is 7.11. The molecule has 6 nitrogen and oxygen atoms in total. The molecule has 0 spiro atoms. The van der Waals surface area contributed by atoms with E-state index in [1.54, 1.807) is 0 Å². The van der Waals surface area contributed by atoms with Crippen molar-refractivity contribution in [1.29, 1.82) is 10.8 Å². The van der Waals surface area contributed by atoms with Crippen LogP contribution in [0, 0.1) is 16.7 Å². The molecular formula is C18H27N5O. The molecule has 2 aliphatic heterocycles. The minimum atomic E-state index is 0.139. The summed E-state index contributed by atoms with van der Waals surface area (Å²) in [5, 5.41) is 15.3. The van der Waals surface area contributed by atoms with Crippen molar-refractivity contribution < 1.29 is 4.74 Å². The molecule has 1 fully saturated rings. The van der Waals surface area contributed by atoms with Gasteiger partial charge in [-0.25, -0.2) is 0 Å². The van der Waals surface area contributed by atoms with E-state index < -0.39 is 0 Å². The summed E-state index contributed by atoms with van der Waals surface area (Å²) in [5.74, 6) is 2.27. The Balaban J connectivity index is 1.54. The Morgan fingerprint density at radius 1 is 1.17 bits per heavy atom. The first-order valence-electron chi connectivity index (χ1n) is 8.66. The van der Waals surface area contributed by atoms with Crippen LogP contribution in [0.4, 0.5) is 0 Å². The highest BCUT2D eigenvalue weighted by atomic mass is 16.5. The monoisotopic (exact) mass is 329 g/mol. The summed E-state index contributed by atoms with van der Waals surface area (Å²) in [6.07, 6.45) is 3.09. The number of amidine groups is 1. The first-order chi connectivity index (χ1) is 11.5. The number of ether oxygens (including phenoxy) is 1. The van der Waals surface area contributed by atoms with Crippen LogP contribution in [-0.4, -0.2) is 47.8 Å². The van der Waals surface area contributed by atoms with Crippen LogP contribution in [0.1, 0.15) is 30.9 Å². The zero-order valence-electron chi connectivity index (χ0n) is 14.3. The van der Waals surface area contributed by atoms with Gasteiger partial charge in [0.15, 0.2) is 5.96 Å². The summed E-state index contributed by atoms with van der Waals surface area (Å²) in [6.45, 7) is 6.02. The lowest BCUT2D eigenvalue weighted by Crippen LogP contribution is -2.40. The molecule has 6 heteroatoms. The highest BCUT2D eigenvalue weighted by molar-refractivity contribution is 5.76. The molecule has 4 N–H and O–H groups in total. The van der Waals surface area contributed by atoms with E-state index in [9.17, 15) is 0 Å². The molecule has 1 saturated heterocycles. The van der Waals surface area contributed by atoms with Crippen molar-refractivity contribution in [2.75, 3.05) is 26.2 Å². The Morgan fingerprint density at radius 3 is 2.58 bits per heavy atom. The third-order valence-electron chi connectivity index (χ3n) is 5.11. The first kappa shape index (κ1) is 16.6. The molecule has 0 atom stereocenters. The van der Waals surface area contributed by atoms with Crippen molar-refractivity contribution in [2.45, 2.75) is 32.7 Å². The third-order valence-corrected chi connectivity index (χ3v) is 5.11. The van der Waals surface area contributed by atoms with Crippen LogP contribution in [0.2, 0.25) is 0 Å². The van der Waals surface area contributed by atoms with Gasteiger partial charge in [0.1, 0.15) is 5.75 Å². The second-order valence-corrected chi connectivity index (χ2v) is 6.81. The van der Waals surface area contributed by atoms with E-state index in [1.165, 1.54) is 11.1 Å². The maximum Gasteiger partial charge on any atom is 0.188 e. The van der Waals surface area contributed by atoms with Gasteiger partial charge in [-0.3, -0.25) is 10.8 Å². The first-order valence-corrected chi connectivity index (χ1v) is 8.66. The normalized spacial score (nSPS) is 18.2. The van der Waals surface area contributed by atoms with E-state index in [1.807, 2.05) is 11.8 Å². The van der Waals surface area contributed by atoms with Crippen molar-refractivity contribution in [1.82, 2.24) is 9.80 Å². The average Bonchev–Trinajstić information content (AvgIpc) is 2.59.